The molecule has 0 saturated carbocycles. The third-order valence-corrected chi connectivity index (χ3v) is 6.45. The fraction of sp³-hybridized carbons (Fsp3) is 0.143. The number of carbonyl (C=O) groups is 2. The number of methoxy groups -OCH3 is 1. The van der Waals surface area contributed by atoms with E-state index < -0.39 is 35.1 Å². The summed E-state index contributed by atoms with van der Waals surface area (Å²) in [5.41, 5.74) is 1.87. The van der Waals surface area contributed by atoms with E-state index in [0.717, 1.165) is 17.0 Å². The minimum atomic E-state index is -0.978. The molecule has 1 unspecified atom stereocenters. The second kappa shape index (κ2) is 8.96. The number of carbonyl (C=O) groups excluding carboxylic acids is 2. The lowest BCUT2D eigenvalue weighted by atomic mass is 9.94. The molecular formula is C28H22F2N2O4. The van der Waals surface area contributed by atoms with Gasteiger partial charge in [-0.2, -0.15) is 0 Å². The number of rotatable bonds is 5. The summed E-state index contributed by atoms with van der Waals surface area (Å²) in [5, 5.41) is 12.1. The first-order valence-corrected chi connectivity index (χ1v) is 11.2. The van der Waals surface area contributed by atoms with Crippen LogP contribution in [0.15, 0.2) is 78.5 Å². The summed E-state index contributed by atoms with van der Waals surface area (Å²) in [5.74, 6) is -3.18. The topological polar surface area (TPSA) is 71.8 Å². The Hall–Kier alpha value is -4.46. The summed E-state index contributed by atoms with van der Waals surface area (Å²) in [7, 11) is 3.20. The molecule has 0 bridgehead atoms. The van der Waals surface area contributed by atoms with Gasteiger partial charge in [-0.05, 0) is 42.0 Å². The van der Waals surface area contributed by atoms with Gasteiger partial charge in [0.25, 0.3) is 11.7 Å². The van der Waals surface area contributed by atoms with Crippen molar-refractivity contribution in [1.29, 1.82) is 0 Å². The number of hydrogen-bond acceptors (Lipinski definition) is 4. The number of ether oxygens (including phenoxy) is 1. The number of aromatic nitrogens is 1. The Morgan fingerprint density at radius 2 is 1.69 bits per heavy atom. The SMILES string of the molecule is COc1ccc(F)cc1/C(O)=C1\C(=O)C(=O)N(Cc2ccc(F)cc2)C1c1cn(C)c2ccccc12. The maximum Gasteiger partial charge on any atom is 0.295 e. The lowest BCUT2D eigenvalue weighted by molar-refractivity contribution is -0.140. The van der Waals surface area contributed by atoms with E-state index >= 15 is 0 Å². The minimum Gasteiger partial charge on any atom is -0.507 e. The molecule has 0 radical (unpaired) electrons. The molecule has 8 heteroatoms. The number of hydrogen-bond donors (Lipinski definition) is 1. The van der Waals surface area contributed by atoms with Crippen molar-refractivity contribution in [3.05, 3.63) is 107 Å². The molecule has 2 heterocycles. The van der Waals surface area contributed by atoms with E-state index in [1.165, 1.54) is 48.4 Å². The highest BCUT2D eigenvalue weighted by Crippen LogP contribution is 2.44. The number of amides is 1. The second-order valence-corrected chi connectivity index (χ2v) is 8.61. The Morgan fingerprint density at radius 1 is 1.00 bits per heavy atom. The van der Waals surface area contributed by atoms with Crippen LogP contribution in [-0.2, 0) is 23.2 Å². The number of aliphatic hydroxyl groups is 1. The van der Waals surface area contributed by atoms with Crippen molar-refractivity contribution >= 4 is 28.4 Å². The highest BCUT2D eigenvalue weighted by molar-refractivity contribution is 6.46. The zero-order chi connectivity index (χ0) is 25.6. The van der Waals surface area contributed by atoms with Gasteiger partial charge in [0.2, 0.25) is 0 Å². The van der Waals surface area contributed by atoms with Crippen molar-refractivity contribution in [2.24, 2.45) is 7.05 Å². The van der Waals surface area contributed by atoms with Crippen LogP contribution in [0.3, 0.4) is 0 Å². The highest BCUT2D eigenvalue weighted by atomic mass is 19.1. The number of benzene rings is 3. The van der Waals surface area contributed by atoms with Crippen LogP contribution in [0.2, 0.25) is 0 Å². The number of halogens is 2. The Morgan fingerprint density at radius 3 is 2.42 bits per heavy atom. The van der Waals surface area contributed by atoms with E-state index in [0.29, 0.717) is 11.1 Å². The Bertz CT molecular complexity index is 1540. The van der Waals surface area contributed by atoms with Crippen molar-refractivity contribution in [2.45, 2.75) is 12.6 Å². The molecule has 1 saturated heterocycles. The monoisotopic (exact) mass is 488 g/mol. The molecular weight excluding hydrogens is 466 g/mol. The third kappa shape index (κ3) is 3.80. The predicted molar refractivity (Wildman–Crippen MR) is 130 cm³/mol. The first-order valence-electron chi connectivity index (χ1n) is 11.2. The van der Waals surface area contributed by atoms with E-state index in [4.69, 9.17) is 4.74 Å². The van der Waals surface area contributed by atoms with Crippen molar-refractivity contribution in [3.63, 3.8) is 0 Å². The summed E-state index contributed by atoms with van der Waals surface area (Å²) >= 11 is 0. The van der Waals surface area contributed by atoms with E-state index in [-0.39, 0.29) is 23.4 Å². The van der Waals surface area contributed by atoms with Crippen LogP contribution in [0.4, 0.5) is 8.78 Å². The first kappa shape index (κ1) is 23.3. The summed E-state index contributed by atoms with van der Waals surface area (Å²) in [6, 6.07) is 15.7. The Labute approximate surface area is 205 Å². The van der Waals surface area contributed by atoms with Gasteiger partial charge in [0.05, 0.1) is 24.3 Å². The van der Waals surface area contributed by atoms with E-state index in [1.807, 2.05) is 35.9 Å². The zero-order valence-electron chi connectivity index (χ0n) is 19.5. The summed E-state index contributed by atoms with van der Waals surface area (Å²) in [6.45, 7) is -0.00416. The summed E-state index contributed by atoms with van der Waals surface area (Å²) in [4.78, 5) is 28.0. The maximum atomic E-state index is 14.1. The van der Waals surface area contributed by atoms with Crippen molar-refractivity contribution in [3.8, 4) is 5.75 Å². The molecule has 0 aliphatic carbocycles. The summed E-state index contributed by atoms with van der Waals surface area (Å²) < 4.78 is 34.8. The van der Waals surface area contributed by atoms with Crippen molar-refractivity contribution < 1.29 is 28.2 Å². The van der Waals surface area contributed by atoms with E-state index in [9.17, 15) is 23.5 Å². The first-order chi connectivity index (χ1) is 17.3. The maximum absolute atomic E-state index is 14.1. The molecule has 1 aliphatic heterocycles. The average Bonchev–Trinajstić information content (AvgIpc) is 3.33. The van der Waals surface area contributed by atoms with Gasteiger partial charge < -0.3 is 19.3 Å². The van der Waals surface area contributed by atoms with Crippen molar-refractivity contribution in [1.82, 2.24) is 9.47 Å². The molecule has 1 N–H and O–H groups in total. The van der Waals surface area contributed by atoms with Crippen molar-refractivity contribution in [2.75, 3.05) is 7.11 Å². The predicted octanol–water partition coefficient (Wildman–Crippen LogP) is 5.09. The molecule has 1 atom stereocenters. The van der Waals surface area contributed by atoms with Gasteiger partial charge in [0, 0.05) is 36.3 Å². The third-order valence-electron chi connectivity index (χ3n) is 6.45. The number of likely N-dealkylation sites (tertiary alicyclic amines) is 1. The normalized spacial score (nSPS) is 17.2. The van der Waals surface area contributed by atoms with Crippen LogP contribution >= 0.6 is 0 Å². The number of nitrogens with zero attached hydrogens (tertiary/aromatic N) is 2. The van der Waals surface area contributed by atoms with Crippen LogP contribution in [0, 0.1) is 11.6 Å². The molecule has 1 fully saturated rings. The van der Waals surface area contributed by atoms with Crippen LogP contribution in [0.25, 0.3) is 16.7 Å². The van der Waals surface area contributed by atoms with Crippen LogP contribution in [-0.4, -0.2) is 33.4 Å². The second-order valence-electron chi connectivity index (χ2n) is 8.61. The molecule has 3 aromatic carbocycles. The molecule has 1 aliphatic rings. The van der Waals surface area contributed by atoms with Gasteiger partial charge in [-0.25, -0.2) is 8.78 Å². The minimum absolute atomic E-state index is 0.00416. The van der Waals surface area contributed by atoms with Crippen LogP contribution in [0.1, 0.15) is 22.7 Å². The molecule has 6 nitrogen and oxygen atoms in total. The number of aliphatic hydroxyl groups excluding tert-OH is 1. The molecule has 36 heavy (non-hydrogen) atoms. The van der Waals surface area contributed by atoms with Gasteiger partial charge in [-0.1, -0.05) is 30.3 Å². The zero-order valence-corrected chi connectivity index (χ0v) is 19.5. The largest absolute Gasteiger partial charge is 0.507 e. The quantitative estimate of drug-likeness (QED) is 0.241. The fourth-order valence-electron chi connectivity index (χ4n) is 4.75. The van der Waals surface area contributed by atoms with Gasteiger partial charge in [-0.3, -0.25) is 9.59 Å². The number of ketones is 1. The lowest BCUT2D eigenvalue weighted by Crippen LogP contribution is -2.29. The number of para-hydroxylation sites is 1. The summed E-state index contributed by atoms with van der Waals surface area (Å²) in [6.07, 6.45) is 1.80. The number of aryl methyl sites for hydroxylation is 1. The molecule has 182 valence electrons. The molecule has 1 aromatic heterocycles. The molecule has 0 spiro atoms. The van der Waals surface area contributed by atoms with Gasteiger partial charge in [0.15, 0.2) is 0 Å². The fourth-order valence-corrected chi connectivity index (χ4v) is 4.75. The van der Waals surface area contributed by atoms with Gasteiger partial charge in [-0.15, -0.1) is 0 Å². The van der Waals surface area contributed by atoms with Crippen LogP contribution in [0.5, 0.6) is 5.75 Å². The smallest absolute Gasteiger partial charge is 0.295 e. The molecule has 1 amide bonds. The van der Waals surface area contributed by atoms with Crippen LogP contribution < -0.4 is 4.74 Å². The lowest BCUT2D eigenvalue weighted by Gasteiger charge is -2.25. The Balaban J connectivity index is 1.75. The molecule has 4 aromatic rings. The number of fused-ring (bicyclic) bond motifs is 1. The van der Waals surface area contributed by atoms with E-state index in [1.54, 1.807) is 6.20 Å². The van der Waals surface area contributed by atoms with Gasteiger partial charge in [0.1, 0.15) is 23.1 Å². The average molecular weight is 488 g/mol. The molecule has 5 rings (SSSR count). The number of Topliss-reactive ketones (excluding diaryl/α,β-unsaturated/α-hetero) is 1. The highest BCUT2D eigenvalue weighted by Gasteiger charge is 2.47. The Kier molecular flexibility index (Phi) is 5.80. The van der Waals surface area contributed by atoms with Gasteiger partial charge >= 0.3 is 0 Å². The van der Waals surface area contributed by atoms with E-state index in [2.05, 4.69) is 0 Å². The standard InChI is InChI=1S/C28H22F2N2O4/c1-31-15-21(19-5-3-4-6-22(19)31)25-24(26(33)20-13-18(30)11-12-23(20)36-2)27(34)28(35)32(25)14-16-7-9-17(29)10-8-16/h3-13,15,25,33H,14H2,1-2H3/b26-24+.